The maximum absolute atomic E-state index is 11.1. The summed E-state index contributed by atoms with van der Waals surface area (Å²) < 4.78 is 9.81. The minimum absolute atomic E-state index is 0.458. The summed E-state index contributed by atoms with van der Waals surface area (Å²) in [6, 6.07) is 7.05. The maximum atomic E-state index is 11.1. The Morgan fingerprint density at radius 2 is 2.00 bits per heavy atom. The Morgan fingerprint density at radius 3 is 2.47 bits per heavy atom. The Labute approximate surface area is 93.9 Å². The Morgan fingerprint density at radius 1 is 1.40 bits per heavy atom. The standard InChI is InChI=1S/C11H13ClO3/c1-3-15-9-6-4-8(5-7-9)10(12)11(13)14-2/h4-7,10H,3H2,1-2H3. The average Bonchev–Trinajstić information content (AvgIpc) is 2.28. The number of ether oxygens (including phenoxy) is 2. The molecule has 0 aliphatic carbocycles. The monoisotopic (exact) mass is 228 g/mol. The van der Waals surface area contributed by atoms with Crippen LogP contribution in [-0.4, -0.2) is 19.7 Å². The third-order valence-electron chi connectivity index (χ3n) is 1.89. The zero-order valence-corrected chi connectivity index (χ0v) is 9.45. The van der Waals surface area contributed by atoms with Crippen molar-refractivity contribution in [2.45, 2.75) is 12.3 Å². The smallest absolute Gasteiger partial charge is 0.328 e. The van der Waals surface area contributed by atoms with Crippen molar-refractivity contribution in [2.75, 3.05) is 13.7 Å². The molecule has 1 aromatic rings. The number of hydrogen-bond donors (Lipinski definition) is 0. The molecular weight excluding hydrogens is 216 g/mol. The first kappa shape index (κ1) is 11.9. The third-order valence-corrected chi connectivity index (χ3v) is 2.32. The highest BCUT2D eigenvalue weighted by molar-refractivity contribution is 6.29. The molecule has 0 heterocycles. The van der Waals surface area contributed by atoms with Crippen LogP contribution in [0.1, 0.15) is 17.9 Å². The van der Waals surface area contributed by atoms with Gasteiger partial charge in [-0.2, -0.15) is 0 Å². The fourth-order valence-electron chi connectivity index (χ4n) is 1.14. The third kappa shape index (κ3) is 3.13. The highest BCUT2D eigenvalue weighted by atomic mass is 35.5. The van der Waals surface area contributed by atoms with Gasteiger partial charge in [0.15, 0.2) is 5.38 Å². The molecule has 15 heavy (non-hydrogen) atoms. The van der Waals surface area contributed by atoms with Gasteiger partial charge in [-0.3, -0.25) is 4.79 Å². The molecule has 82 valence electrons. The van der Waals surface area contributed by atoms with Gasteiger partial charge in [-0.05, 0) is 24.6 Å². The van der Waals surface area contributed by atoms with Crippen molar-refractivity contribution < 1.29 is 14.3 Å². The summed E-state index contributed by atoms with van der Waals surface area (Å²) in [6.45, 7) is 2.52. The lowest BCUT2D eigenvalue weighted by Crippen LogP contribution is -2.08. The first-order chi connectivity index (χ1) is 7.19. The Kier molecular flexibility index (Phi) is 4.43. The summed E-state index contributed by atoms with van der Waals surface area (Å²) in [5.74, 6) is 0.302. The van der Waals surface area contributed by atoms with E-state index in [1.165, 1.54) is 7.11 Å². The van der Waals surface area contributed by atoms with Crippen LogP contribution in [0.5, 0.6) is 5.75 Å². The summed E-state index contributed by atoms with van der Waals surface area (Å²) in [5, 5.41) is -0.759. The van der Waals surface area contributed by atoms with Gasteiger partial charge in [0.25, 0.3) is 0 Å². The molecule has 0 aromatic heterocycles. The molecule has 1 atom stereocenters. The summed E-state index contributed by atoms with van der Waals surface area (Å²) in [4.78, 5) is 11.1. The van der Waals surface area contributed by atoms with Crippen molar-refractivity contribution in [3.8, 4) is 5.75 Å². The second kappa shape index (κ2) is 5.61. The number of carbonyl (C=O) groups is 1. The average molecular weight is 229 g/mol. The summed E-state index contributed by atoms with van der Waals surface area (Å²) in [7, 11) is 1.31. The van der Waals surface area contributed by atoms with E-state index in [0.29, 0.717) is 12.2 Å². The summed E-state index contributed by atoms with van der Waals surface area (Å²) in [6.07, 6.45) is 0. The molecule has 0 aliphatic rings. The fraction of sp³-hybridized carbons (Fsp3) is 0.364. The van der Waals surface area contributed by atoms with Crippen molar-refractivity contribution in [3.05, 3.63) is 29.8 Å². The van der Waals surface area contributed by atoms with Gasteiger partial charge >= 0.3 is 5.97 Å². The molecule has 1 unspecified atom stereocenters. The van der Waals surface area contributed by atoms with Gasteiger partial charge in [0, 0.05) is 0 Å². The highest BCUT2D eigenvalue weighted by Crippen LogP contribution is 2.23. The molecule has 1 aromatic carbocycles. The van der Waals surface area contributed by atoms with Gasteiger partial charge in [-0.1, -0.05) is 12.1 Å². The zero-order chi connectivity index (χ0) is 11.3. The van der Waals surface area contributed by atoms with Gasteiger partial charge in [-0.15, -0.1) is 11.6 Å². The number of halogens is 1. The van der Waals surface area contributed by atoms with Crippen LogP contribution in [-0.2, 0) is 9.53 Å². The van der Waals surface area contributed by atoms with Crippen molar-refractivity contribution in [1.82, 2.24) is 0 Å². The number of benzene rings is 1. The molecule has 0 N–H and O–H groups in total. The zero-order valence-electron chi connectivity index (χ0n) is 8.70. The lowest BCUT2D eigenvalue weighted by molar-refractivity contribution is -0.140. The highest BCUT2D eigenvalue weighted by Gasteiger charge is 2.17. The second-order valence-electron chi connectivity index (χ2n) is 2.89. The van der Waals surface area contributed by atoms with Gasteiger partial charge in [0.05, 0.1) is 13.7 Å². The van der Waals surface area contributed by atoms with Crippen LogP contribution in [0.4, 0.5) is 0 Å². The number of esters is 1. The van der Waals surface area contributed by atoms with E-state index in [4.69, 9.17) is 16.3 Å². The van der Waals surface area contributed by atoms with Crippen LogP contribution in [0, 0.1) is 0 Å². The number of carbonyl (C=O) groups excluding carboxylic acids is 1. The predicted octanol–water partition coefficient (Wildman–Crippen LogP) is 2.54. The molecule has 0 radical (unpaired) electrons. The minimum Gasteiger partial charge on any atom is -0.494 e. The van der Waals surface area contributed by atoms with E-state index in [1.54, 1.807) is 24.3 Å². The van der Waals surface area contributed by atoms with Gasteiger partial charge < -0.3 is 9.47 Å². The molecule has 0 amide bonds. The molecule has 0 saturated heterocycles. The van der Waals surface area contributed by atoms with E-state index in [9.17, 15) is 4.79 Å². The van der Waals surface area contributed by atoms with Crippen LogP contribution in [0.15, 0.2) is 24.3 Å². The SMILES string of the molecule is CCOc1ccc(C(Cl)C(=O)OC)cc1. The van der Waals surface area contributed by atoms with Crippen LogP contribution >= 0.6 is 11.6 Å². The number of methoxy groups -OCH3 is 1. The molecular formula is C11H13ClO3. The summed E-state index contributed by atoms with van der Waals surface area (Å²) in [5.41, 5.74) is 0.701. The normalized spacial score (nSPS) is 11.9. The van der Waals surface area contributed by atoms with Gasteiger partial charge in [0.1, 0.15) is 5.75 Å². The van der Waals surface area contributed by atoms with Crippen molar-refractivity contribution >= 4 is 17.6 Å². The van der Waals surface area contributed by atoms with E-state index in [0.717, 1.165) is 5.75 Å². The van der Waals surface area contributed by atoms with E-state index >= 15 is 0 Å². The van der Waals surface area contributed by atoms with E-state index < -0.39 is 11.3 Å². The number of hydrogen-bond acceptors (Lipinski definition) is 3. The first-order valence-corrected chi connectivity index (χ1v) is 5.07. The Hall–Kier alpha value is -1.22. The molecule has 0 saturated carbocycles. The number of alkyl halides is 1. The summed E-state index contributed by atoms with van der Waals surface area (Å²) >= 11 is 5.87. The van der Waals surface area contributed by atoms with Gasteiger partial charge in [-0.25, -0.2) is 0 Å². The van der Waals surface area contributed by atoms with Crippen molar-refractivity contribution in [1.29, 1.82) is 0 Å². The van der Waals surface area contributed by atoms with Crippen LogP contribution in [0.3, 0.4) is 0 Å². The van der Waals surface area contributed by atoms with Gasteiger partial charge in [0.2, 0.25) is 0 Å². The molecule has 0 fully saturated rings. The fourth-order valence-corrected chi connectivity index (χ4v) is 1.37. The van der Waals surface area contributed by atoms with Crippen molar-refractivity contribution in [3.63, 3.8) is 0 Å². The largest absolute Gasteiger partial charge is 0.494 e. The van der Waals surface area contributed by atoms with Crippen LogP contribution < -0.4 is 4.74 Å². The maximum Gasteiger partial charge on any atom is 0.328 e. The number of rotatable bonds is 4. The molecule has 1 rings (SSSR count). The Balaban J connectivity index is 2.75. The molecule has 3 nitrogen and oxygen atoms in total. The lowest BCUT2D eigenvalue weighted by atomic mass is 10.1. The Bertz CT molecular complexity index is 321. The van der Waals surface area contributed by atoms with Crippen molar-refractivity contribution in [2.24, 2.45) is 0 Å². The molecule has 4 heteroatoms. The van der Waals surface area contributed by atoms with E-state index in [2.05, 4.69) is 4.74 Å². The minimum atomic E-state index is -0.759. The van der Waals surface area contributed by atoms with Crippen LogP contribution in [0.25, 0.3) is 0 Å². The quantitative estimate of drug-likeness (QED) is 0.587. The first-order valence-electron chi connectivity index (χ1n) is 4.63. The lowest BCUT2D eigenvalue weighted by Gasteiger charge is -2.08. The van der Waals surface area contributed by atoms with E-state index in [1.807, 2.05) is 6.92 Å². The topological polar surface area (TPSA) is 35.5 Å². The molecule has 0 spiro atoms. The second-order valence-corrected chi connectivity index (χ2v) is 3.32. The molecule has 0 bridgehead atoms. The predicted molar refractivity (Wildman–Crippen MR) is 58.2 cm³/mol. The van der Waals surface area contributed by atoms with E-state index in [-0.39, 0.29) is 0 Å². The molecule has 0 aliphatic heterocycles. The van der Waals surface area contributed by atoms with Crippen LogP contribution in [0.2, 0.25) is 0 Å².